The van der Waals surface area contributed by atoms with Crippen molar-refractivity contribution < 1.29 is 14.6 Å². The summed E-state index contributed by atoms with van der Waals surface area (Å²) in [6.07, 6.45) is 13.3. The summed E-state index contributed by atoms with van der Waals surface area (Å²) >= 11 is 0. The summed E-state index contributed by atoms with van der Waals surface area (Å²) < 4.78 is 11.2. The van der Waals surface area contributed by atoms with Crippen LogP contribution in [0.1, 0.15) is 71.6 Å². The van der Waals surface area contributed by atoms with Gasteiger partial charge in [-0.15, -0.1) is 0 Å². The second kappa shape index (κ2) is 7.15. The van der Waals surface area contributed by atoms with Crippen molar-refractivity contribution in [2.45, 2.75) is 77.2 Å². The molecule has 0 heterocycles. The molecule has 0 aliphatic heterocycles. The summed E-state index contributed by atoms with van der Waals surface area (Å²) in [5, 5.41) is 11.1. The molecule has 27 heavy (non-hydrogen) atoms. The SMILES string of the molecule is CC=C1CC[C@H]2[C@@H]3CC[C@@H]4C[C@@](O)(COC)CC[C@]4(COC)[C@H]3CC[C@]12C. The molecule has 154 valence electrons. The molecule has 4 fully saturated rings. The Balaban J connectivity index is 1.63. The fourth-order valence-electron chi connectivity index (χ4n) is 8.40. The molecule has 3 nitrogen and oxygen atoms in total. The van der Waals surface area contributed by atoms with E-state index in [1.807, 2.05) is 7.11 Å². The van der Waals surface area contributed by atoms with Crippen molar-refractivity contribution in [3.8, 4) is 0 Å². The maximum Gasteiger partial charge on any atom is 0.0883 e. The first-order valence-electron chi connectivity index (χ1n) is 11.3. The van der Waals surface area contributed by atoms with Crippen LogP contribution in [0.3, 0.4) is 0 Å². The highest BCUT2D eigenvalue weighted by Gasteiger charge is 2.61. The Bertz CT molecular complexity index is 586. The Morgan fingerprint density at radius 2 is 1.78 bits per heavy atom. The summed E-state index contributed by atoms with van der Waals surface area (Å²) in [6.45, 7) is 6.16. The van der Waals surface area contributed by atoms with E-state index in [1.165, 1.54) is 38.5 Å². The van der Waals surface area contributed by atoms with E-state index in [9.17, 15) is 5.11 Å². The van der Waals surface area contributed by atoms with E-state index >= 15 is 0 Å². The maximum absolute atomic E-state index is 11.1. The second-order valence-electron chi connectivity index (χ2n) is 10.5. The second-order valence-corrected chi connectivity index (χ2v) is 10.5. The molecule has 7 atom stereocenters. The molecular formula is C24H40O3. The molecule has 0 aromatic heterocycles. The lowest BCUT2D eigenvalue weighted by molar-refractivity contribution is -0.182. The van der Waals surface area contributed by atoms with Crippen molar-refractivity contribution in [3.63, 3.8) is 0 Å². The molecule has 4 saturated carbocycles. The Hall–Kier alpha value is -0.380. The van der Waals surface area contributed by atoms with Crippen LogP contribution in [0.15, 0.2) is 11.6 Å². The molecular weight excluding hydrogens is 336 g/mol. The van der Waals surface area contributed by atoms with Crippen LogP contribution < -0.4 is 0 Å². The van der Waals surface area contributed by atoms with Crippen molar-refractivity contribution >= 4 is 0 Å². The van der Waals surface area contributed by atoms with Crippen molar-refractivity contribution in [2.24, 2.45) is 34.5 Å². The van der Waals surface area contributed by atoms with Gasteiger partial charge in [0.25, 0.3) is 0 Å². The topological polar surface area (TPSA) is 38.7 Å². The minimum Gasteiger partial charge on any atom is -0.387 e. The Morgan fingerprint density at radius 1 is 1.00 bits per heavy atom. The van der Waals surface area contributed by atoms with Crippen LogP contribution in [0, 0.1) is 34.5 Å². The smallest absolute Gasteiger partial charge is 0.0883 e. The largest absolute Gasteiger partial charge is 0.387 e. The fraction of sp³-hybridized carbons (Fsp3) is 0.917. The summed E-state index contributed by atoms with van der Waals surface area (Å²) in [5.41, 5.74) is 1.82. The van der Waals surface area contributed by atoms with Gasteiger partial charge in [-0.25, -0.2) is 0 Å². The van der Waals surface area contributed by atoms with Gasteiger partial charge in [0, 0.05) is 14.2 Å². The number of hydrogen-bond donors (Lipinski definition) is 1. The first kappa shape index (κ1) is 19.9. The number of fused-ring (bicyclic) bond motifs is 5. The van der Waals surface area contributed by atoms with Gasteiger partial charge in [-0.3, -0.25) is 0 Å². The van der Waals surface area contributed by atoms with Gasteiger partial charge in [-0.2, -0.15) is 0 Å². The zero-order chi connectivity index (χ0) is 19.3. The van der Waals surface area contributed by atoms with Crippen molar-refractivity contribution in [1.29, 1.82) is 0 Å². The number of methoxy groups -OCH3 is 2. The van der Waals surface area contributed by atoms with E-state index in [1.54, 1.807) is 12.7 Å². The third-order valence-corrected chi connectivity index (χ3v) is 9.54. The zero-order valence-electron chi connectivity index (χ0n) is 17.9. The van der Waals surface area contributed by atoms with Crippen LogP contribution >= 0.6 is 0 Å². The van der Waals surface area contributed by atoms with E-state index < -0.39 is 5.60 Å². The minimum absolute atomic E-state index is 0.275. The monoisotopic (exact) mass is 376 g/mol. The Labute approximate surface area is 165 Å². The number of aliphatic hydroxyl groups is 1. The van der Waals surface area contributed by atoms with Crippen LogP contribution in [0.25, 0.3) is 0 Å². The lowest BCUT2D eigenvalue weighted by Gasteiger charge is -2.62. The predicted molar refractivity (Wildman–Crippen MR) is 109 cm³/mol. The van der Waals surface area contributed by atoms with Crippen LogP contribution in [-0.4, -0.2) is 38.1 Å². The first-order valence-corrected chi connectivity index (χ1v) is 11.3. The highest BCUT2D eigenvalue weighted by molar-refractivity contribution is 5.24. The molecule has 0 bridgehead atoms. The highest BCUT2D eigenvalue weighted by Crippen LogP contribution is 2.68. The average molecular weight is 377 g/mol. The van der Waals surface area contributed by atoms with E-state index in [4.69, 9.17) is 9.47 Å². The van der Waals surface area contributed by atoms with Gasteiger partial charge >= 0.3 is 0 Å². The molecule has 0 unspecified atom stereocenters. The number of hydrogen-bond acceptors (Lipinski definition) is 3. The third-order valence-electron chi connectivity index (χ3n) is 9.54. The van der Waals surface area contributed by atoms with Crippen LogP contribution in [-0.2, 0) is 9.47 Å². The van der Waals surface area contributed by atoms with Gasteiger partial charge in [0.2, 0.25) is 0 Å². The minimum atomic E-state index is -0.627. The van der Waals surface area contributed by atoms with Gasteiger partial charge in [-0.05, 0) is 99.2 Å². The zero-order valence-corrected chi connectivity index (χ0v) is 17.9. The van der Waals surface area contributed by atoms with Crippen LogP contribution in [0.2, 0.25) is 0 Å². The maximum atomic E-state index is 11.1. The van der Waals surface area contributed by atoms with Crippen LogP contribution in [0.4, 0.5) is 0 Å². The number of allylic oxidation sites excluding steroid dienone is 2. The van der Waals surface area contributed by atoms with E-state index in [0.717, 1.165) is 43.6 Å². The predicted octanol–water partition coefficient (Wildman–Crippen LogP) is 4.98. The summed E-state index contributed by atoms with van der Waals surface area (Å²) in [4.78, 5) is 0. The van der Waals surface area contributed by atoms with Crippen LogP contribution in [0.5, 0.6) is 0 Å². The molecule has 3 heteroatoms. The van der Waals surface area contributed by atoms with Crippen molar-refractivity contribution in [3.05, 3.63) is 11.6 Å². The normalized spacial score (nSPS) is 50.9. The molecule has 0 saturated heterocycles. The molecule has 0 aromatic rings. The summed E-state index contributed by atoms with van der Waals surface area (Å²) in [5.74, 6) is 3.07. The van der Waals surface area contributed by atoms with E-state index in [-0.39, 0.29) is 5.41 Å². The van der Waals surface area contributed by atoms with E-state index in [2.05, 4.69) is 19.9 Å². The van der Waals surface area contributed by atoms with Crippen molar-refractivity contribution in [1.82, 2.24) is 0 Å². The molecule has 4 rings (SSSR count). The number of rotatable bonds is 4. The van der Waals surface area contributed by atoms with Gasteiger partial charge in [-0.1, -0.05) is 18.6 Å². The Kier molecular flexibility index (Phi) is 5.27. The molecule has 0 amide bonds. The first-order chi connectivity index (χ1) is 12.9. The lowest BCUT2D eigenvalue weighted by atomic mass is 9.44. The lowest BCUT2D eigenvalue weighted by Crippen LogP contribution is -2.59. The van der Waals surface area contributed by atoms with E-state index in [0.29, 0.717) is 17.9 Å². The summed E-state index contributed by atoms with van der Waals surface area (Å²) in [6, 6.07) is 0. The molecule has 0 radical (unpaired) electrons. The molecule has 4 aliphatic carbocycles. The summed E-state index contributed by atoms with van der Waals surface area (Å²) in [7, 11) is 3.60. The van der Waals surface area contributed by atoms with Gasteiger partial charge in [0.05, 0.1) is 18.8 Å². The average Bonchev–Trinajstić information content (AvgIpc) is 2.99. The molecule has 4 aliphatic rings. The molecule has 0 aromatic carbocycles. The molecule has 0 spiro atoms. The van der Waals surface area contributed by atoms with Gasteiger partial charge in [0.1, 0.15) is 0 Å². The highest BCUT2D eigenvalue weighted by atomic mass is 16.5. The van der Waals surface area contributed by atoms with Gasteiger partial charge < -0.3 is 14.6 Å². The third kappa shape index (κ3) is 2.95. The van der Waals surface area contributed by atoms with Gasteiger partial charge in [0.15, 0.2) is 0 Å². The van der Waals surface area contributed by atoms with Crippen molar-refractivity contribution in [2.75, 3.05) is 27.4 Å². The number of ether oxygens (including phenoxy) is 2. The fourth-order valence-corrected chi connectivity index (χ4v) is 8.40. The quantitative estimate of drug-likeness (QED) is 0.703. The standard InChI is InChI=1S/C24H40O3/c1-5-17-7-9-20-19-8-6-18-14-23(25,15-26-3)12-13-24(18,16-27-4)21(19)10-11-22(17,20)2/h5,18-21,25H,6-16H2,1-4H3/t18-,19+,20+,21+,22-,23-,24-/m1/s1. The molecule has 1 N–H and O–H groups in total. The Morgan fingerprint density at radius 3 is 2.48 bits per heavy atom.